The van der Waals surface area contributed by atoms with Gasteiger partial charge in [0.1, 0.15) is 0 Å². The first-order valence-electron chi connectivity index (χ1n) is 7.63. The lowest BCUT2D eigenvalue weighted by molar-refractivity contribution is -0.384. The third kappa shape index (κ3) is 4.35. The lowest BCUT2D eigenvalue weighted by Crippen LogP contribution is -2.18. The first-order chi connectivity index (χ1) is 12.6. The van der Waals surface area contributed by atoms with Gasteiger partial charge in [0.2, 0.25) is 0 Å². The number of carbonyl (C=O) groups excluding carboxylic acids is 1. The highest BCUT2D eigenvalue weighted by Crippen LogP contribution is 2.12. The van der Waals surface area contributed by atoms with Gasteiger partial charge in [0.25, 0.3) is 11.6 Å². The van der Waals surface area contributed by atoms with Crippen molar-refractivity contribution in [2.75, 3.05) is 0 Å². The standard InChI is InChI=1S/C17H14N6O3/c24-17(20-19-11-14-3-1-2-9-18-14)16-8-10-22(21-16)12-13-4-6-15(7-5-13)23(25)26/h1-11H,12H2,(H,20,24). The number of carbonyl (C=O) groups is 1. The minimum Gasteiger partial charge on any atom is -0.268 e. The first-order valence-corrected chi connectivity index (χ1v) is 7.63. The quantitative estimate of drug-likeness (QED) is 0.415. The van der Waals surface area contributed by atoms with E-state index in [1.165, 1.54) is 18.3 Å². The number of aromatic nitrogens is 3. The van der Waals surface area contributed by atoms with Crippen molar-refractivity contribution in [2.24, 2.45) is 5.10 Å². The fourth-order valence-corrected chi connectivity index (χ4v) is 2.15. The van der Waals surface area contributed by atoms with Gasteiger partial charge in [-0.2, -0.15) is 10.2 Å². The van der Waals surface area contributed by atoms with Crippen molar-refractivity contribution in [2.45, 2.75) is 6.54 Å². The lowest BCUT2D eigenvalue weighted by Gasteiger charge is -2.01. The second-order valence-corrected chi connectivity index (χ2v) is 5.28. The summed E-state index contributed by atoms with van der Waals surface area (Å²) in [4.78, 5) is 26.3. The molecule has 0 fully saturated rings. The summed E-state index contributed by atoms with van der Waals surface area (Å²) in [5.41, 5.74) is 4.08. The number of nitrogens with zero attached hydrogens (tertiary/aromatic N) is 5. The molecule has 3 rings (SSSR count). The highest BCUT2D eigenvalue weighted by molar-refractivity contribution is 5.92. The number of nitrogens with one attached hydrogen (secondary N) is 1. The van der Waals surface area contributed by atoms with Gasteiger partial charge >= 0.3 is 0 Å². The van der Waals surface area contributed by atoms with E-state index in [-0.39, 0.29) is 11.4 Å². The highest BCUT2D eigenvalue weighted by Gasteiger charge is 2.09. The molecule has 130 valence electrons. The Morgan fingerprint density at radius 3 is 2.73 bits per heavy atom. The molecule has 1 aromatic carbocycles. The highest BCUT2D eigenvalue weighted by atomic mass is 16.6. The fourth-order valence-electron chi connectivity index (χ4n) is 2.15. The van der Waals surface area contributed by atoms with Gasteiger partial charge in [-0.3, -0.25) is 24.6 Å². The van der Waals surface area contributed by atoms with Gasteiger partial charge in [-0.25, -0.2) is 5.43 Å². The van der Waals surface area contributed by atoms with Gasteiger partial charge in [0, 0.05) is 24.5 Å². The number of nitro groups is 1. The molecule has 0 bridgehead atoms. The van der Waals surface area contributed by atoms with E-state index in [1.54, 1.807) is 47.4 Å². The number of non-ortho nitro benzene ring substituents is 1. The molecular formula is C17H14N6O3. The molecule has 0 radical (unpaired) electrons. The van der Waals surface area contributed by atoms with Crippen molar-refractivity contribution in [3.63, 3.8) is 0 Å². The number of benzene rings is 1. The van der Waals surface area contributed by atoms with E-state index in [9.17, 15) is 14.9 Å². The maximum atomic E-state index is 12.0. The Morgan fingerprint density at radius 2 is 2.04 bits per heavy atom. The molecule has 1 amide bonds. The van der Waals surface area contributed by atoms with E-state index in [0.717, 1.165) is 5.56 Å². The molecule has 0 spiro atoms. The molecule has 2 aromatic heterocycles. The largest absolute Gasteiger partial charge is 0.291 e. The third-order valence-corrected chi connectivity index (χ3v) is 3.42. The zero-order valence-electron chi connectivity index (χ0n) is 13.5. The Hall–Kier alpha value is -3.88. The fraction of sp³-hybridized carbons (Fsp3) is 0.0588. The van der Waals surface area contributed by atoms with Gasteiger partial charge in [0.05, 0.1) is 23.4 Å². The summed E-state index contributed by atoms with van der Waals surface area (Å²) in [5, 5.41) is 18.7. The van der Waals surface area contributed by atoms with E-state index in [0.29, 0.717) is 12.2 Å². The minimum absolute atomic E-state index is 0.0278. The predicted molar refractivity (Wildman–Crippen MR) is 93.7 cm³/mol. The number of hydrogen-bond donors (Lipinski definition) is 1. The lowest BCUT2D eigenvalue weighted by atomic mass is 10.2. The summed E-state index contributed by atoms with van der Waals surface area (Å²) in [5.74, 6) is -0.445. The topological polar surface area (TPSA) is 115 Å². The SMILES string of the molecule is O=C(NN=Cc1ccccn1)c1ccn(Cc2ccc([N+](=O)[O-])cc2)n1. The van der Waals surface area contributed by atoms with Crippen molar-refractivity contribution in [3.8, 4) is 0 Å². The van der Waals surface area contributed by atoms with E-state index in [1.807, 2.05) is 6.07 Å². The molecular weight excluding hydrogens is 336 g/mol. The van der Waals surface area contributed by atoms with Crippen molar-refractivity contribution >= 4 is 17.8 Å². The molecule has 9 heteroatoms. The van der Waals surface area contributed by atoms with Crippen LogP contribution in [-0.2, 0) is 6.54 Å². The van der Waals surface area contributed by atoms with E-state index in [2.05, 4.69) is 20.6 Å². The van der Waals surface area contributed by atoms with Crippen molar-refractivity contribution in [3.05, 3.63) is 88.0 Å². The number of nitro benzene ring substituents is 1. The third-order valence-electron chi connectivity index (χ3n) is 3.42. The van der Waals surface area contributed by atoms with Gasteiger partial charge in [-0.1, -0.05) is 18.2 Å². The number of amides is 1. The molecule has 9 nitrogen and oxygen atoms in total. The molecule has 0 saturated carbocycles. The van der Waals surface area contributed by atoms with E-state index < -0.39 is 10.8 Å². The van der Waals surface area contributed by atoms with Gasteiger partial charge in [-0.15, -0.1) is 0 Å². The maximum absolute atomic E-state index is 12.0. The second kappa shape index (κ2) is 7.79. The predicted octanol–water partition coefficient (Wildman–Crippen LogP) is 2.00. The van der Waals surface area contributed by atoms with Crippen LogP contribution >= 0.6 is 0 Å². The smallest absolute Gasteiger partial charge is 0.268 e. The Labute approximate surface area is 148 Å². The monoisotopic (exact) mass is 350 g/mol. The summed E-state index contributed by atoms with van der Waals surface area (Å²) in [6.45, 7) is 0.391. The number of pyridine rings is 1. The minimum atomic E-state index is -0.453. The molecule has 0 atom stereocenters. The van der Waals surface area contributed by atoms with Crippen LogP contribution in [0.1, 0.15) is 21.7 Å². The van der Waals surface area contributed by atoms with Crippen LogP contribution in [0.15, 0.2) is 66.0 Å². The average molecular weight is 350 g/mol. The van der Waals surface area contributed by atoms with Gasteiger partial charge < -0.3 is 0 Å². The van der Waals surface area contributed by atoms with E-state index >= 15 is 0 Å². The molecule has 0 saturated heterocycles. The van der Waals surface area contributed by atoms with Crippen LogP contribution < -0.4 is 5.43 Å². The summed E-state index contributed by atoms with van der Waals surface area (Å²) in [7, 11) is 0. The molecule has 1 N–H and O–H groups in total. The Morgan fingerprint density at radius 1 is 1.23 bits per heavy atom. The summed E-state index contributed by atoms with van der Waals surface area (Å²) in [6, 6.07) is 13.1. The van der Waals surface area contributed by atoms with Crippen LogP contribution in [0.25, 0.3) is 0 Å². The Bertz CT molecular complexity index is 935. The van der Waals surface area contributed by atoms with E-state index in [4.69, 9.17) is 0 Å². The zero-order valence-corrected chi connectivity index (χ0v) is 13.5. The summed E-state index contributed by atoms with van der Waals surface area (Å²) in [6.07, 6.45) is 4.72. The van der Waals surface area contributed by atoms with Crippen LogP contribution in [-0.4, -0.2) is 31.8 Å². The zero-order chi connectivity index (χ0) is 18.4. The van der Waals surface area contributed by atoms with Crippen LogP contribution in [0.2, 0.25) is 0 Å². The normalized spacial score (nSPS) is 10.8. The van der Waals surface area contributed by atoms with Crippen molar-refractivity contribution < 1.29 is 9.72 Å². The molecule has 3 aromatic rings. The molecule has 2 heterocycles. The maximum Gasteiger partial charge on any atom is 0.291 e. The number of rotatable bonds is 6. The summed E-state index contributed by atoms with van der Waals surface area (Å²) < 4.78 is 1.57. The summed E-state index contributed by atoms with van der Waals surface area (Å²) >= 11 is 0. The number of hydrazone groups is 1. The van der Waals surface area contributed by atoms with Crippen molar-refractivity contribution in [1.82, 2.24) is 20.2 Å². The molecule has 0 unspecified atom stereocenters. The van der Waals surface area contributed by atoms with Gasteiger partial charge in [0.15, 0.2) is 5.69 Å². The van der Waals surface area contributed by atoms with Crippen LogP contribution in [0, 0.1) is 10.1 Å². The second-order valence-electron chi connectivity index (χ2n) is 5.28. The van der Waals surface area contributed by atoms with Crippen molar-refractivity contribution in [1.29, 1.82) is 0 Å². The molecule has 0 aliphatic rings. The molecule has 0 aliphatic heterocycles. The molecule has 26 heavy (non-hydrogen) atoms. The Balaban J connectivity index is 1.59. The molecule has 0 aliphatic carbocycles. The number of hydrogen-bond acceptors (Lipinski definition) is 6. The van der Waals surface area contributed by atoms with Crippen LogP contribution in [0.4, 0.5) is 5.69 Å². The average Bonchev–Trinajstić information content (AvgIpc) is 3.11. The first kappa shape index (κ1) is 17.0. The van der Waals surface area contributed by atoms with Crippen LogP contribution in [0.5, 0.6) is 0 Å². The Kier molecular flexibility index (Phi) is 5.08. The van der Waals surface area contributed by atoms with Gasteiger partial charge in [-0.05, 0) is 23.8 Å². The van der Waals surface area contributed by atoms with Crippen LogP contribution in [0.3, 0.4) is 0 Å².